The van der Waals surface area contributed by atoms with E-state index in [9.17, 15) is 13.6 Å². The Morgan fingerprint density at radius 3 is 2.53 bits per heavy atom. The van der Waals surface area contributed by atoms with Crippen molar-refractivity contribution in [3.05, 3.63) is 95.6 Å². The van der Waals surface area contributed by atoms with Crippen LogP contribution in [0.15, 0.2) is 77.9 Å². The highest BCUT2D eigenvalue weighted by Gasteiger charge is 2.30. The molecule has 38 heavy (non-hydrogen) atoms. The van der Waals surface area contributed by atoms with Crippen molar-refractivity contribution < 1.29 is 13.6 Å². The van der Waals surface area contributed by atoms with Crippen LogP contribution in [0.3, 0.4) is 0 Å². The monoisotopic (exact) mass is 514 g/mol. The first-order valence-electron chi connectivity index (χ1n) is 12.9. The van der Waals surface area contributed by atoms with Gasteiger partial charge in [0.15, 0.2) is 0 Å². The van der Waals surface area contributed by atoms with E-state index in [0.717, 1.165) is 28.1 Å². The smallest absolute Gasteiger partial charge is 0.228 e. The fourth-order valence-electron chi connectivity index (χ4n) is 5.30. The molecule has 0 bridgehead atoms. The molecule has 2 aliphatic heterocycles. The molecule has 1 aromatic heterocycles. The average Bonchev–Trinajstić information content (AvgIpc) is 3.54. The first-order valence-corrected chi connectivity index (χ1v) is 12.9. The molecule has 6 rings (SSSR count). The molecule has 1 atom stereocenters. The van der Waals surface area contributed by atoms with Gasteiger partial charge in [-0.15, -0.1) is 0 Å². The highest BCUT2D eigenvalue weighted by molar-refractivity contribution is 6.00. The molecule has 3 heterocycles. The number of piperidine rings is 1. The molecule has 194 valence electrons. The number of imidazole rings is 1. The van der Waals surface area contributed by atoms with Crippen molar-refractivity contribution in [3.63, 3.8) is 0 Å². The topological polar surface area (TPSA) is 74.6 Å². The molecular weight excluding hydrogens is 486 g/mol. The van der Waals surface area contributed by atoms with Gasteiger partial charge >= 0.3 is 0 Å². The van der Waals surface area contributed by atoms with Gasteiger partial charge in [-0.05, 0) is 60.4 Å². The molecule has 0 radical (unpaired) electrons. The summed E-state index contributed by atoms with van der Waals surface area (Å²) in [4.78, 5) is 20.1. The summed E-state index contributed by atoms with van der Waals surface area (Å²) in [5.41, 5.74) is 6.54. The molecule has 7 nitrogen and oxygen atoms in total. The fourth-order valence-corrected chi connectivity index (χ4v) is 5.30. The van der Waals surface area contributed by atoms with Crippen LogP contribution in [0.4, 0.5) is 14.7 Å². The zero-order valence-corrected chi connectivity index (χ0v) is 20.8. The Morgan fingerprint density at radius 1 is 0.974 bits per heavy atom. The molecule has 2 aliphatic rings. The van der Waals surface area contributed by atoms with E-state index in [0.29, 0.717) is 44.7 Å². The lowest BCUT2D eigenvalue weighted by Crippen LogP contribution is -2.43. The predicted octanol–water partition coefficient (Wildman–Crippen LogP) is 4.74. The van der Waals surface area contributed by atoms with Gasteiger partial charge in [-0.3, -0.25) is 4.79 Å². The number of amidine groups is 1. The normalized spacial score (nSPS) is 17.9. The Morgan fingerprint density at radius 2 is 1.74 bits per heavy atom. The summed E-state index contributed by atoms with van der Waals surface area (Å²) in [5, 5.41) is 7.23. The molecule has 2 N–H and O–H groups in total. The molecule has 1 unspecified atom stereocenters. The van der Waals surface area contributed by atoms with Gasteiger partial charge in [0, 0.05) is 25.4 Å². The summed E-state index contributed by atoms with van der Waals surface area (Å²) in [5.74, 6) is 0.671. The third kappa shape index (κ3) is 4.96. The molecular formula is C29H28F2N6O. The highest BCUT2D eigenvalue weighted by atomic mass is 19.1. The average molecular weight is 515 g/mol. The lowest BCUT2D eigenvalue weighted by atomic mass is 9.96. The van der Waals surface area contributed by atoms with E-state index in [4.69, 9.17) is 4.98 Å². The lowest BCUT2D eigenvalue weighted by Gasteiger charge is -2.32. The third-order valence-electron chi connectivity index (χ3n) is 7.28. The van der Waals surface area contributed by atoms with Gasteiger partial charge < -0.3 is 20.2 Å². The van der Waals surface area contributed by atoms with E-state index < -0.39 is 0 Å². The van der Waals surface area contributed by atoms with Crippen LogP contribution in [0.1, 0.15) is 36.4 Å². The van der Waals surface area contributed by atoms with Crippen molar-refractivity contribution in [1.29, 1.82) is 0 Å². The molecule has 0 saturated carbocycles. The Labute approximate surface area is 219 Å². The number of hydrogen-bond donors (Lipinski definition) is 2. The van der Waals surface area contributed by atoms with Crippen LogP contribution in [0.2, 0.25) is 0 Å². The van der Waals surface area contributed by atoms with Crippen molar-refractivity contribution >= 4 is 28.7 Å². The number of aromatic nitrogens is 2. The van der Waals surface area contributed by atoms with E-state index in [1.165, 1.54) is 18.2 Å². The number of carbonyl (C=O) groups is 1. The quantitative estimate of drug-likeness (QED) is 0.403. The second-order valence-electron chi connectivity index (χ2n) is 9.87. The van der Waals surface area contributed by atoms with Gasteiger partial charge in [0.1, 0.15) is 17.5 Å². The van der Waals surface area contributed by atoms with Crippen molar-refractivity contribution in [2.75, 3.05) is 18.0 Å². The minimum atomic E-state index is -0.294. The second-order valence-corrected chi connectivity index (χ2v) is 9.87. The van der Waals surface area contributed by atoms with Crippen molar-refractivity contribution in [2.45, 2.75) is 31.8 Å². The van der Waals surface area contributed by atoms with Crippen LogP contribution in [0.25, 0.3) is 11.0 Å². The molecule has 9 heteroatoms. The van der Waals surface area contributed by atoms with E-state index in [2.05, 4.69) is 25.3 Å². The van der Waals surface area contributed by atoms with Crippen molar-refractivity contribution in [3.8, 4) is 0 Å². The number of hydrogen-bond acceptors (Lipinski definition) is 5. The van der Waals surface area contributed by atoms with Crippen LogP contribution in [-0.2, 0) is 11.3 Å². The number of amides is 1. The summed E-state index contributed by atoms with van der Waals surface area (Å²) >= 11 is 0. The Balaban J connectivity index is 1.11. The summed E-state index contributed by atoms with van der Waals surface area (Å²) < 4.78 is 29.5. The van der Waals surface area contributed by atoms with Gasteiger partial charge in [0.25, 0.3) is 0 Å². The summed E-state index contributed by atoms with van der Waals surface area (Å²) in [6, 6.07) is 20.8. The number of halogens is 2. The number of nitrogens with zero attached hydrogens (tertiary/aromatic N) is 4. The molecule has 1 fully saturated rings. The van der Waals surface area contributed by atoms with Gasteiger partial charge in [-0.25, -0.2) is 13.8 Å². The number of benzene rings is 3. The first-order chi connectivity index (χ1) is 18.5. The molecule has 3 aromatic carbocycles. The predicted molar refractivity (Wildman–Crippen MR) is 143 cm³/mol. The van der Waals surface area contributed by atoms with E-state index in [1.54, 1.807) is 18.2 Å². The van der Waals surface area contributed by atoms with Gasteiger partial charge in [0.2, 0.25) is 11.9 Å². The van der Waals surface area contributed by atoms with Crippen molar-refractivity contribution in [1.82, 2.24) is 20.3 Å². The number of anilines is 1. The SMILES string of the molecule is O=C(NC1=NNC(c2cccc(F)c2)C1)C1CCN(c2nc3ccccc3n2Cc2cccc(F)c2)CC1. The van der Waals surface area contributed by atoms with Crippen LogP contribution in [0.5, 0.6) is 0 Å². The summed E-state index contributed by atoms with van der Waals surface area (Å²) in [6.07, 6.45) is 1.87. The maximum absolute atomic E-state index is 13.9. The number of carbonyl (C=O) groups excluding carboxylic acids is 1. The van der Waals surface area contributed by atoms with Gasteiger partial charge in [0.05, 0.1) is 23.6 Å². The molecule has 0 spiro atoms. The van der Waals surface area contributed by atoms with Crippen LogP contribution >= 0.6 is 0 Å². The van der Waals surface area contributed by atoms with E-state index in [-0.39, 0.29) is 29.5 Å². The number of nitrogens with one attached hydrogen (secondary N) is 2. The zero-order chi connectivity index (χ0) is 26.1. The van der Waals surface area contributed by atoms with E-state index in [1.807, 2.05) is 36.4 Å². The molecule has 4 aromatic rings. The number of fused-ring (bicyclic) bond motifs is 1. The van der Waals surface area contributed by atoms with Gasteiger partial charge in [-0.2, -0.15) is 5.10 Å². The van der Waals surface area contributed by atoms with Crippen LogP contribution < -0.4 is 15.6 Å². The lowest BCUT2D eigenvalue weighted by molar-refractivity contribution is -0.124. The summed E-state index contributed by atoms with van der Waals surface area (Å²) in [6.45, 7) is 1.87. The second kappa shape index (κ2) is 10.2. The number of hydrazone groups is 1. The Kier molecular flexibility index (Phi) is 6.49. The third-order valence-corrected chi connectivity index (χ3v) is 7.28. The number of rotatable bonds is 5. The number of para-hydroxylation sites is 2. The first kappa shape index (κ1) is 24.1. The van der Waals surface area contributed by atoms with Gasteiger partial charge in [-0.1, -0.05) is 36.4 Å². The maximum Gasteiger partial charge on any atom is 0.228 e. The zero-order valence-electron chi connectivity index (χ0n) is 20.8. The Hall–Kier alpha value is -4.27. The molecule has 1 amide bonds. The largest absolute Gasteiger partial charge is 0.342 e. The van der Waals surface area contributed by atoms with E-state index >= 15 is 0 Å². The minimum absolute atomic E-state index is 0.0432. The Bertz CT molecular complexity index is 1510. The fraction of sp³-hybridized carbons (Fsp3) is 0.276. The van der Waals surface area contributed by atoms with Crippen molar-refractivity contribution in [2.24, 2.45) is 11.0 Å². The minimum Gasteiger partial charge on any atom is -0.342 e. The van der Waals surface area contributed by atoms with Crippen LogP contribution in [-0.4, -0.2) is 34.4 Å². The standard InChI is InChI=1S/C29H28F2N6O/c30-22-7-3-5-19(15-22)18-37-26-10-2-1-9-24(26)32-29(37)36-13-11-20(12-14-36)28(38)33-27-17-25(34-35-27)21-6-4-8-23(31)16-21/h1-10,15-16,20,25,34H,11-14,17-18H2,(H,33,35,38). The molecule has 1 saturated heterocycles. The summed E-state index contributed by atoms with van der Waals surface area (Å²) in [7, 11) is 0. The highest BCUT2D eigenvalue weighted by Crippen LogP contribution is 2.28. The molecule has 0 aliphatic carbocycles. The maximum atomic E-state index is 13.9. The van der Waals surface area contributed by atoms with Crippen LogP contribution in [0, 0.1) is 17.6 Å².